The van der Waals surface area contributed by atoms with E-state index in [1.165, 1.54) is 16.4 Å². The highest BCUT2D eigenvalue weighted by Crippen LogP contribution is 2.25. The molecule has 0 radical (unpaired) electrons. The van der Waals surface area contributed by atoms with Crippen molar-refractivity contribution in [1.29, 1.82) is 0 Å². The number of carbonyl (C=O) groups excluding carboxylic acids is 3. The molecular weight excluding hydrogens is 444 g/mol. The minimum absolute atomic E-state index is 0.108. The van der Waals surface area contributed by atoms with Crippen molar-refractivity contribution in [3.05, 3.63) is 24.3 Å². The Hall–Kier alpha value is -2.46. The van der Waals surface area contributed by atoms with Crippen molar-refractivity contribution in [2.24, 2.45) is 0 Å². The van der Waals surface area contributed by atoms with E-state index in [0.29, 0.717) is 25.2 Å². The third-order valence-electron chi connectivity index (χ3n) is 6.25. The van der Waals surface area contributed by atoms with Crippen LogP contribution < -0.4 is 10.6 Å². The number of imide groups is 1. The summed E-state index contributed by atoms with van der Waals surface area (Å²) in [6, 6.07) is 5.46. The van der Waals surface area contributed by atoms with Gasteiger partial charge in [0.05, 0.1) is 4.90 Å². The SMILES string of the molecule is CCCCCCC1(C)NC(=O)N(CC(=O)Nc2cccc(S(=O)(=O)N3CCCCC3)c2)C1=O. The molecule has 2 fully saturated rings. The summed E-state index contributed by atoms with van der Waals surface area (Å²) in [5, 5.41) is 5.33. The van der Waals surface area contributed by atoms with Crippen molar-refractivity contribution in [1.82, 2.24) is 14.5 Å². The number of hydrogen-bond acceptors (Lipinski definition) is 5. The average molecular weight is 479 g/mol. The van der Waals surface area contributed by atoms with Crippen LogP contribution in [0, 0.1) is 0 Å². The number of anilines is 1. The van der Waals surface area contributed by atoms with Gasteiger partial charge in [0.1, 0.15) is 12.1 Å². The van der Waals surface area contributed by atoms with E-state index in [1.807, 2.05) is 0 Å². The van der Waals surface area contributed by atoms with Gasteiger partial charge in [-0.15, -0.1) is 0 Å². The third-order valence-corrected chi connectivity index (χ3v) is 8.14. The molecule has 0 bridgehead atoms. The molecule has 182 valence electrons. The molecule has 2 saturated heterocycles. The fourth-order valence-corrected chi connectivity index (χ4v) is 5.86. The second-order valence-corrected chi connectivity index (χ2v) is 10.9. The topological polar surface area (TPSA) is 116 Å². The second-order valence-electron chi connectivity index (χ2n) is 9.00. The largest absolute Gasteiger partial charge is 0.325 e. The van der Waals surface area contributed by atoms with E-state index < -0.39 is 40.0 Å². The summed E-state index contributed by atoms with van der Waals surface area (Å²) >= 11 is 0. The molecule has 1 unspecified atom stereocenters. The second kappa shape index (κ2) is 10.6. The van der Waals surface area contributed by atoms with Gasteiger partial charge in [-0.05, 0) is 44.4 Å². The first-order chi connectivity index (χ1) is 15.7. The Balaban J connectivity index is 1.62. The Morgan fingerprint density at radius 3 is 2.55 bits per heavy atom. The highest BCUT2D eigenvalue weighted by molar-refractivity contribution is 7.89. The first-order valence-electron chi connectivity index (χ1n) is 11.7. The molecule has 2 aliphatic heterocycles. The summed E-state index contributed by atoms with van der Waals surface area (Å²) < 4.78 is 27.3. The van der Waals surface area contributed by atoms with Gasteiger partial charge in [0.15, 0.2) is 0 Å². The van der Waals surface area contributed by atoms with Crippen LogP contribution in [0.2, 0.25) is 0 Å². The number of hydrogen-bond donors (Lipinski definition) is 2. The van der Waals surface area contributed by atoms with Crippen LogP contribution in [0.25, 0.3) is 0 Å². The fourth-order valence-electron chi connectivity index (χ4n) is 4.30. The molecule has 2 aliphatic rings. The van der Waals surface area contributed by atoms with E-state index >= 15 is 0 Å². The maximum absolute atomic E-state index is 12.9. The van der Waals surface area contributed by atoms with E-state index in [4.69, 9.17) is 0 Å². The predicted molar refractivity (Wildman–Crippen MR) is 125 cm³/mol. The van der Waals surface area contributed by atoms with Crippen LogP contribution in [0.15, 0.2) is 29.2 Å². The summed E-state index contributed by atoms with van der Waals surface area (Å²) in [6.45, 7) is 4.33. The normalized spacial score (nSPS) is 21.8. The Bertz CT molecular complexity index is 990. The van der Waals surface area contributed by atoms with Gasteiger partial charge in [-0.25, -0.2) is 13.2 Å². The van der Waals surface area contributed by atoms with E-state index in [2.05, 4.69) is 17.6 Å². The maximum Gasteiger partial charge on any atom is 0.325 e. The number of sulfonamides is 1. The van der Waals surface area contributed by atoms with Gasteiger partial charge in [-0.1, -0.05) is 45.1 Å². The zero-order valence-electron chi connectivity index (χ0n) is 19.4. The molecule has 1 atom stereocenters. The summed E-state index contributed by atoms with van der Waals surface area (Å²) in [6.07, 6.45) is 7.13. The van der Waals surface area contributed by atoms with Crippen molar-refractivity contribution in [2.75, 3.05) is 25.0 Å². The lowest BCUT2D eigenvalue weighted by Crippen LogP contribution is -2.44. The third kappa shape index (κ3) is 5.92. The van der Waals surface area contributed by atoms with Gasteiger partial charge in [-0.3, -0.25) is 14.5 Å². The zero-order valence-corrected chi connectivity index (χ0v) is 20.2. The molecule has 33 heavy (non-hydrogen) atoms. The van der Waals surface area contributed by atoms with Crippen molar-refractivity contribution >= 4 is 33.6 Å². The molecule has 0 saturated carbocycles. The standard InChI is InChI=1S/C23H34N4O5S/c1-3-4-5-7-13-23(2)21(29)27(22(30)25-23)17-20(28)24-18-11-10-12-19(16-18)33(31,32)26-14-8-6-9-15-26/h10-12,16H,3-9,13-15,17H2,1-2H3,(H,24,28)(H,25,30). The van der Waals surface area contributed by atoms with E-state index in [-0.39, 0.29) is 4.90 Å². The lowest BCUT2D eigenvalue weighted by molar-refractivity contribution is -0.133. The van der Waals surface area contributed by atoms with Crippen molar-refractivity contribution in [3.8, 4) is 0 Å². The predicted octanol–water partition coefficient (Wildman–Crippen LogP) is 3.08. The smallest absolute Gasteiger partial charge is 0.324 e. The molecule has 4 amide bonds. The Morgan fingerprint density at radius 2 is 1.85 bits per heavy atom. The maximum atomic E-state index is 12.9. The first kappa shape index (κ1) is 25.2. The van der Waals surface area contributed by atoms with E-state index in [9.17, 15) is 22.8 Å². The van der Waals surface area contributed by atoms with Crippen LogP contribution in [-0.4, -0.2) is 60.6 Å². The highest BCUT2D eigenvalue weighted by atomic mass is 32.2. The molecule has 10 heteroatoms. The molecule has 9 nitrogen and oxygen atoms in total. The first-order valence-corrected chi connectivity index (χ1v) is 13.2. The van der Waals surface area contributed by atoms with Gasteiger partial charge in [0.2, 0.25) is 15.9 Å². The van der Waals surface area contributed by atoms with Crippen LogP contribution >= 0.6 is 0 Å². The van der Waals surface area contributed by atoms with Gasteiger partial charge in [-0.2, -0.15) is 4.31 Å². The summed E-state index contributed by atoms with van der Waals surface area (Å²) in [5.74, 6) is -0.984. The number of amides is 4. The molecule has 3 rings (SSSR count). The van der Waals surface area contributed by atoms with Gasteiger partial charge in [0.25, 0.3) is 5.91 Å². The lowest BCUT2D eigenvalue weighted by Gasteiger charge is -2.26. The minimum atomic E-state index is -3.64. The molecule has 0 aliphatic carbocycles. The number of nitrogens with one attached hydrogen (secondary N) is 2. The van der Waals surface area contributed by atoms with E-state index in [0.717, 1.165) is 49.8 Å². The molecule has 1 aromatic carbocycles. The summed E-state index contributed by atoms with van der Waals surface area (Å²) in [4.78, 5) is 38.8. The van der Waals surface area contributed by atoms with Crippen LogP contribution in [0.3, 0.4) is 0 Å². The van der Waals surface area contributed by atoms with Crippen molar-refractivity contribution in [2.45, 2.75) is 75.6 Å². The van der Waals surface area contributed by atoms with Crippen LogP contribution in [0.1, 0.15) is 65.2 Å². The molecule has 2 N–H and O–H groups in total. The summed E-state index contributed by atoms with van der Waals surface area (Å²) in [5.41, 5.74) is -0.708. The molecular formula is C23H34N4O5S. The average Bonchev–Trinajstić information content (AvgIpc) is 3.00. The number of unbranched alkanes of at least 4 members (excludes halogenated alkanes) is 3. The minimum Gasteiger partial charge on any atom is -0.324 e. The van der Waals surface area contributed by atoms with Crippen molar-refractivity contribution < 1.29 is 22.8 Å². The quantitative estimate of drug-likeness (QED) is 0.396. The van der Waals surface area contributed by atoms with Crippen LogP contribution in [0.4, 0.5) is 10.5 Å². The number of benzene rings is 1. The molecule has 0 aromatic heterocycles. The van der Waals surface area contributed by atoms with Crippen LogP contribution in [0.5, 0.6) is 0 Å². The number of rotatable bonds is 10. The molecule has 2 heterocycles. The number of nitrogens with zero attached hydrogens (tertiary/aromatic N) is 2. The number of urea groups is 1. The molecule has 0 spiro atoms. The highest BCUT2D eigenvalue weighted by Gasteiger charge is 2.47. The van der Waals surface area contributed by atoms with Gasteiger partial charge in [0, 0.05) is 18.8 Å². The summed E-state index contributed by atoms with van der Waals surface area (Å²) in [7, 11) is -3.64. The van der Waals surface area contributed by atoms with Gasteiger partial charge >= 0.3 is 6.03 Å². The van der Waals surface area contributed by atoms with Gasteiger partial charge < -0.3 is 10.6 Å². The fraction of sp³-hybridized carbons (Fsp3) is 0.609. The zero-order chi connectivity index (χ0) is 24.1. The Morgan fingerprint density at radius 1 is 1.12 bits per heavy atom. The number of piperidine rings is 1. The Labute approximate surface area is 195 Å². The Kier molecular flexibility index (Phi) is 8.12. The molecule has 1 aromatic rings. The monoisotopic (exact) mass is 478 g/mol. The number of carbonyl (C=O) groups is 3. The lowest BCUT2D eigenvalue weighted by atomic mass is 9.94. The van der Waals surface area contributed by atoms with Crippen molar-refractivity contribution in [3.63, 3.8) is 0 Å². The van der Waals surface area contributed by atoms with Crippen LogP contribution in [-0.2, 0) is 19.6 Å². The van der Waals surface area contributed by atoms with E-state index in [1.54, 1.807) is 19.1 Å².